The van der Waals surface area contributed by atoms with E-state index in [1.807, 2.05) is 0 Å². The van der Waals surface area contributed by atoms with Gasteiger partial charge in [-0.25, -0.2) is 8.42 Å². The normalized spacial score (nSPS) is 17.0. The quantitative estimate of drug-likeness (QED) is 0.403. The summed E-state index contributed by atoms with van der Waals surface area (Å²) in [6.45, 7) is 5.73. The minimum atomic E-state index is -3.55. The molecule has 0 radical (unpaired) electrons. The molecule has 0 bridgehead atoms. The molecule has 1 aliphatic heterocycles. The molecule has 6 nitrogen and oxygen atoms in total. The molecule has 0 saturated carbocycles. The van der Waals surface area contributed by atoms with E-state index in [0.29, 0.717) is 37.1 Å². The highest BCUT2D eigenvalue weighted by Crippen LogP contribution is 2.34. The Labute approximate surface area is 206 Å². The topological polar surface area (TPSA) is 75.7 Å². The van der Waals surface area contributed by atoms with E-state index in [1.54, 1.807) is 12.1 Å². The molecule has 1 saturated heterocycles. The number of sulfonamides is 1. The average molecular weight is 513 g/mol. The van der Waals surface area contributed by atoms with Gasteiger partial charge >= 0.3 is 0 Å². The molecule has 2 aromatic rings. The number of carbonyl (C=O) groups excluding carboxylic acids is 1. The number of benzene rings is 2. The highest BCUT2D eigenvalue weighted by molar-refractivity contribution is 7.89. The Bertz CT molecular complexity index is 1050. The van der Waals surface area contributed by atoms with Gasteiger partial charge < -0.3 is 10.1 Å². The number of nitrogens with one attached hydrogen (secondary N) is 1. The maximum Gasteiger partial charge on any atom is 0.255 e. The number of halogens is 2. The van der Waals surface area contributed by atoms with E-state index < -0.39 is 15.9 Å². The summed E-state index contributed by atoms with van der Waals surface area (Å²) in [4.78, 5) is 12.9. The van der Waals surface area contributed by atoms with Gasteiger partial charge in [-0.3, -0.25) is 4.79 Å². The van der Waals surface area contributed by atoms with Crippen LogP contribution in [-0.2, 0) is 10.0 Å². The molecule has 2 aromatic carbocycles. The molecule has 0 aliphatic carbocycles. The zero-order valence-electron chi connectivity index (χ0n) is 18.9. The highest BCUT2D eigenvalue weighted by Gasteiger charge is 2.28. The van der Waals surface area contributed by atoms with Gasteiger partial charge in [0.05, 0.1) is 21.5 Å². The van der Waals surface area contributed by atoms with Crippen LogP contribution in [0.5, 0.6) is 5.75 Å². The van der Waals surface area contributed by atoms with Gasteiger partial charge in [-0.15, -0.1) is 0 Å². The first-order valence-electron chi connectivity index (χ1n) is 11.3. The Kier molecular flexibility index (Phi) is 9.04. The molecular weight excluding hydrogens is 483 g/mol. The number of ether oxygens (including phenoxy) is 1. The number of nitrogens with zero attached hydrogens (tertiary/aromatic N) is 1. The summed E-state index contributed by atoms with van der Waals surface area (Å²) >= 11 is 12.6. The third-order valence-corrected chi connectivity index (χ3v) is 8.07. The maximum absolute atomic E-state index is 12.9. The van der Waals surface area contributed by atoms with Crippen LogP contribution < -0.4 is 10.1 Å². The lowest BCUT2D eigenvalue weighted by atomic mass is 10.0. The van der Waals surface area contributed by atoms with Crippen LogP contribution in [0.15, 0.2) is 41.3 Å². The van der Waals surface area contributed by atoms with E-state index >= 15 is 0 Å². The van der Waals surface area contributed by atoms with Crippen LogP contribution in [0.1, 0.15) is 56.3 Å². The summed E-state index contributed by atoms with van der Waals surface area (Å²) < 4.78 is 33.0. The van der Waals surface area contributed by atoms with Gasteiger partial charge in [0, 0.05) is 24.3 Å². The van der Waals surface area contributed by atoms with Crippen molar-refractivity contribution in [3.05, 3.63) is 52.0 Å². The summed E-state index contributed by atoms with van der Waals surface area (Å²) in [6.07, 6.45) is 4.92. The lowest BCUT2D eigenvalue weighted by Crippen LogP contribution is -2.39. The first-order valence-corrected chi connectivity index (χ1v) is 13.5. The molecule has 1 aliphatic rings. The summed E-state index contributed by atoms with van der Waals surface area (Å²) in [5, 5.41) is 3.28. The molecule has 1 heterocycles. The monoisotopic (exact) mass is 512 g/mol. The second-order valence-electron chi connectivity index (χ2n) is 8.41. The van der Waals surface area contributed by atoms with E-state index in [-0.39, 0.29) is 20.5 Å². The predicted octanol–water partition coefficient (Wildman–Crippen LogP) is 6.24. The van der Waals surface area contributed by atoms with Crippen molar-refractivity contribution in [2.75, 3.05) is 25.0 Å². The third kappa shape index (κ3) is 6.63. The van der Waals surface area contributed by atoms with E-state index in [1.165, 1.54) is 28.6 Å². The predicted molar refractivity (Wildman–Crippen MR) is 133 cm³/mol. The molecule has 180 valence electrons. The smallest absolute Gasteiger partial charge is 0.255 e. The first kappa shape index (κ1) is 25.8. The van der Waals surface area contributed by atoms with Gasteiger partial charge in [0.1, 0.15) is 0 Å². The zero-order chi connectivity index (χ0) is 24.0. The summed E-state index contributed by atoms with van der Waals surface area (Å²) in [6, 6.07) is 9.19. The molecule has 1 N–H and O–H groups in total. The fraction of sp³-hybridized carbons (Fsp3) is 0.458. The van der Waals surface area contributed by atoms with Crippen molar-refractivity contribution < 1.29 is 17.9 Å². The van der Waals surface area contributed by atoms with Crippen LogP contribution in [0, 0.1) is 5.92 Å². The van der Waals surface area contributed by atoms with Crippen molar-refractivity contribution in [1.29, 1.82) is 0 Å². The Hall–Kier alpha value is -1.80. The molecular formula is C24H30Cl2N2O4S. The van der Waals surface area contributed by atoms with E-state index in [4.69, 9.17) is 27.9 Å². The number of piperidine rings is 1. The second kappa shape index (κ2) is 11.6. The van der Waals surface area contributed by atoms with Crippen molar-refractivity contribution in [3.63, 3.8) is 0 Å². The van der Waals surface area contributed by atoms with Crippen molar-refractivity contribution >= 4 is 44.8 Å². The Morgan fingerprint density at radius 3 is 2.42 bits per heavy atom. The largest absolute Gasteiger partial charge is 0.490 e. The molecule has 33 heavy (non-hydrogen) atoms. The molecule has 1 atom stereocenters. The maximum atomic E-state index is 12.9. The number of anilines is 1. The van der Waals surface area contributed by atoms with Crippen LogP contribution in [0.3, 0.4) is 0 Å². The van der Waals surface area contributed by atoms with Crippen molar-refractivity contribution in [2.45, 2.75) is 50.8 Å². The lowest BCUT2D eigenvalue weighted by Gasteiger charge is -2.30. The molecule has 0 spiro atoms. The molecule has 9 heteroatoms. The Balaban J connectivity index is 1.67. The van der Waals surface area contributed by atoms with E-state index in [9.17, 15) is 13.2 Å². The molecule has 0 aromatic heterocycles. The zero-order valence-corrected chi connectivity index (χ0v) is 21.3. The number of amides is 1. The van der Waals surface area contributed by atoms with Crippen molar-refractivity contribution in [1.82, 2.24) is 4.31 Å². The van der Waals surface area contributed by atoms with Gasteiger partial charge in [-0.1, -0.05) is 49.9 Å². The summed E-state index contributed by atoms with van der Waals surface area (Å²) in [7, 11) is -3.55. The average Bonchev–Trinajstić information content (AvgIpc) is 2.78. The molecule has 1 fully saturated rings. The van der Waals surface area contributed by atoms with Gasteiger partial charge in [0.15, 0.2) is 5.75 Å². The fourth-order valence-corrected chi connectivity index (χ4v) is 5.98. The van der Waals surface area contributed by atoms with Crippen molar-refractivity contribution in [2.24, 2.45) is 5.92 Å². The minimum absolute atomic E-state index is 0.213. The second-order valence-corrected chi connectivity index (χ2v) is 11.2. The summed E-state index contributed by atoms with van der Waals surface area (Å²) in [5.41, 5.74) is 0.753. The third-order valence-electron chi connectivity index (χ3n) is 5.62. The van der Waals surface area contributed by atoms with Crippen LogP contribution in [0.25, 0.3) is 0 Å². The standard InChI is InChI=1S/C24H30Cl2N2O4S/c1-3-4-5-13-32-23-21(25)14-18(15-22(23)26)24(29)27-19-8-10-20(11-9-19)33(30,31)28-12-6-7-17(2)16-28/h8-11,14-15,17H,3-7,12-13,16H2,1-2H3,(H,27,29). The number of hydrogen-bond donors (Lipinski definition) is 1. The fourth-order valence-electron chi connectivity index (χ4n) is 3.78. The SMILES string of the molecule is CCCCCOc1c(Cl)cc(C(=O)Nc2ccc(S(=O)(=O)N3CCCC(C)C3)cc2)cc1Cl. The highest BCUT2D eigenvalue weighted by atomic mass is 35.5. The van der Waals surface area contributed by atoms with Crippen molar-refractivity contribution in [3.8, 4) is 5.75 Å². The van der Waals surface area contributed by atoms with E-state index in [2.05, 4.69) is 19.2 Å². The lowest BCUT2D eigenvalue weighted by molar-refractivity contribution is 0.102. The molecule has 3 rings (SSSR count). The molecule has 1 unspecified atom stereocenters. The van der Waals surface area contributed by atoms with Gasteiger partial charge in [0.2, 0.25) is 10.0 Å². The molecule has 1 amide bonds. The number of rotatable bonds is 9. The van der Waals surface area contributed by atoms with Crippen LogP contribution >= 0.6 is 23.2 Å². The number of carbonyl (C=O) groups is 1. The first-order chi connectivity index (χ1) is 15.7. The number of hydrogen-bond acceptors (Lipinski definition) is 4. The minimum Gasteiger partial charge on any atom is -0.490 e. The van der Waals surface area contributed by atoms with Crippen LogP contribution in [0.4, 0.5) is 5.69 Å². The summed E-state index contributed by atoms with van der Waals surface area (Å²) in [5.74, 6) is 0.309. The van der Waals surface area contributed by atoms with E-state index in [0.717, 1.165) is 32.1 Å². The van der Waals surface area contributed by atoms with Crippen LogP contribution in [0.2, 0.25) is 10.0 Å². The van der Waals surface area contributed by atoms with Gasteiger partial charge in [-0.2, -0.15) is 4.31 Å². The number of unbranched alkanes of at least 4 members (excludes halogenated alkanes) is 2. The Morgan fingerprint density at radius 2 is 1.82 bits per heavy atom. The van der Waals surface area contributed by atoms with Gasteiger partial charge in [0.25, 0.3) is 5.91 Å². The van der Waals surface area contributed by atoms with Crippen LogP contribution in [-0.4, -0.2) is 38.3 Å². The van der Waals surface area contributed by atoms with Gasteiger partial charge in [-0.05, 0) is 61.6 Å². The Morgan fingerprint density at radius 1 is 1.15 bits per heavy atom.